The van der Waals surface area contributed by atoms with Crippen molar-refractivity contribution in [1.29, 1.82) is 0 Å². The van der Waals surface area contributed by atoms with Crippen LogP contribution in [0.1, 0.15) is 6.92 Å². The predicted molar refractivity (Wildman–Crippen MR) is 41.1 cm³/mol. The molecule has 66 valence electrons. The van der Waals surface area contributed by atoms with Gasteiger partial charge < -0.3 is 20.4 Å². The molecule has 1 heterocycles. The summed E-state index contributed by atoms with van der Waals surface area (Å²) in [6.07, 6.45) is -3.44. The molecule has 0 amide bonds. The minimum Gasteiger partial charge on any atom is -0.389 e. The number of rotatable bonds is 0. The lowest BCUT2D eigenvalue weighted by atomic mass is 10.1. The van der Waals surface area contributed by atoms with E-state index in [4.69, 9.17) is 15.3 Å². The first-order chi connectivity index (χ1) is 5.04. The molecule has 0 aromatic carbocycles. The molecule has 4 N–H and O–H groups in total. The molecule has 4 nitrogen and oxygen atoms in total. The van der Waals surface area contributed by atoms with E-state index in [1.165, 1.54) is 0 Å². The first-order valence-corrected chi connectivity index (χ1v) is 4.36. The van der Waals surface area contributed by atoms with Crippen LogP contribution in [0.5, 0.6) is 0 Å². The molecule has 1 fully saturated rings. The lowest BCUT2D eigenvalue weighted by molar-refractivity contribution is -0.0909. The van der Waals surface area contributed by atoms with Gasteiger partial charge in [-0.15, -0.1) is 11.8 Å². The van der Waals surface area contributed by atoms with Crippen LogP contribution in [0.15, 0.2) is 0 Å². The van der Waals surface area contributed by atoms with Crippen LogP contribution < -0.4 is 0 Å². The van der Waals surface area contributed by atoms with Crippen LogP contribution in [0.4, 0.5) is 0 Å². The number of hydrogen-bond donors (Lipinski definition) is 4. The van der Waals surface area contributed by atoms with Gasteiger partial charge in [0.05, 0.1) is 6.10 Å². The van der Waals surface area contributed by atoms with Gasteiger partial charge in [0, 0.05) is 5.25 Å². The van der Waals surface area contributed by atoms with Gasteiger partial charge in [0.1, 0.15) is 17.6 Å². The van der Waals surface area contributed by atoms with Gasteiger partial charge in [0.2, 0.25) is 0 Å². The third-order valence-corrected chi connectivity index (χ3v) is 3.09. The standard InChI is InChI=1S/C6H12O4S/c1-2-3(7)4(8)5(9)6(10)11-2/h2-10H,1H3/t2-,3+,4+,5-,6-/m0/s1. The molecule has 0 unspecified atom stereocenters. The smallest absolute Gasteiger partial charge is 0.128 e. The quantitative estimate of drug-likeness (QED) is 0.366. The molecule has 5 atom stereocenters. The van der Waals surface area contributed by atoms with E-state index in [0.29, 0.717) is 0 Å². The summed E-state index contributed by atoms with van der Waals surface area (Å²) in [6, 6.07) is 0. The van der Waals surface area contributed by atoms with Gasteiger partial charge in [-0.2, -0.15) is 0 Å². The van der Waals surface area contributed by atoms with Crippen molar-refractivity contribution < 1.29 is 20.4 Å². The zero-order valence-electron chi connectivity index (χ0n) is 6.08. The Morgan fingerprint density at radius 2 is 1.45 bits per heavy atom. The van der Waals surface area contributed by atoms with E-state index in [2.05, 4.69) is 0 Å². The monoisotopic (exact) mass is 180 g/mol. The molecule has 0 aliphatic carbocycles. The number of hydrogen-bond acceptors (Lipinski definition) is 5. The van der Waals surface area contributed by atoms with E-state index in [0.717, 1.165) is 11.8 Å². The molecule has 1 saturated heterocycles. The average Bonchev–Trinajstić information content (AvgIpc) is 1.97. The van der Waals surface area contributed by atoms with Crippen molar-refractivity contribution in [3.05, 3.63) is 0 Å². The van der Waals surface area contributed by atoms with Gasteiger partial charge in [0.15, 0.2) is 0 Å². The summed E-state index contributed by atoms with van der Waals surface area (Å²) in [6.45, 7) is 1.69. The summed E-state index contributed by atoms with van der Waals surface area (Å²) in [5.41, 5.74) is -0.997. The number of thioether (sulfide) groups is 1. The molecule has 0 spiro atoms. The Labute approximate surface area is 68.9 Å². The summed E-state index contributed by atoms with van der Waals surface area (Å²) >= 11 is 1.06. The molecule has 0 bridgehead atoms. The van der Waals surface area contributed by atoms with Crippen LogP contribution in [-0.4, -0.2) is 49.4 Å². The molecular formula is C6H12O4S. The SMILES string of the molecule is C[C@@H]1S[C@H](O)[C@@H](O)[C@H](O)[C@@H]1O. The van der Waals surface area contributed by atoms with Gasteiger partial charge in [-0.3, -0.25) is 0 Å². The van der Waals surface area contributed by atoms with Gasteiger partial charge in [0.25, 0.3) is 0 Å². The van der Waals surface area contributed by atoms with Gasteiger partial charge in [-0.25, -0.2) is 0 Å². The Balaban J connectivity index is 2.63. The highest BCUT2D eigenvalue weighted by Crippen LogP contribution is 2.30. The van der Waals surface area contributed by atoms with E-state index < -0.39 is 23.7 Å². The minimum atomic E-state index is -1.24. The third kappa shape index (κ3) is 1.68. The highest BCUT2D eigenvalue weighted by Gasteiger charge is 2.40. The molecule has 1 aliphatic rings. The molecular weight excluding hydrogens is 168 g/mol. The molecule has 11 heavy (non-hydrogen) atoms. The summed E-state index contributed by atoms with van der Waals surface area (Å²) < 4.78 is 0. The predicted octanol–water partition coefficient (Wildman–Crippen LogP) is -1.48. The Morgan fingerprint density at radius 1 is 0.909 bits per heavy atom. The first kappa shape index (κ1) is 9.28. The maximum atomic E-state index is 9.19. The van der Waals surface area contributed by atoms with Gasteiger partial charge >= 0.3 is 0 Å². The normalized spacial score (nSPS) is 52.6. The second-order valence-corrected chi connectivity index (χ2v) is 4.20. The summed E-state index contributed by atoms with van der Waals surface area (Å²) in [7, 11) is 0. The van der Waals surface area contributed by atoms with E-state index in [9.17, 15) is 5.11 Å². The topological polar surface area (TPSA) is 80.9 Å². The van der Waals surface area contributed by atoms with Crippen molar-refractivity contribution in [2.45, 2.75) is 35.9 Å². The largest absolute Gasteiger partial charge is 0.389 e. The molecule has 0 aromatic heterocycles. The Morgan fingerprint density at radius 3 is 2.00 bits per heavy atom. The second-order valence-electron chi connectivity index (χ2n) is 2.70. The molecule has 1 rings (SSSR count). The molecule has 1 aliphatic heterocycles. The zero-order chi connectivity index (χ0) is 8.59. The van der Waals surface area contributed by atoms with Gasteiger partial charge in [-0.1, -0.05) is 6.92 Å². The van der Waals surface area contributed by atoms with E-state index in [1.54, 1.807) is 6.92 Å². The van der Waals surface area contributed by atoms with E-state index in [1.807, 2.05) is 0 Å². The Hall–Kier alpha value is 0.190. The van der Waals surface area contributed by atoms with Crippen molar-refractivity contribution >= 4 is 11.8 Å². The summed E-state index contributed by atoms with van der Waals surface area (Å²) in [5.74, 6) is 0. The van der Waals surface area contributed by atoms with Crippen molar-refractivity contribution in [3.8, 4) is 0 Å². The van der Waals surface area contributed by atoms with Crippen LogP contribution >= 0.6 is 11.8 Å². The van der Waals surface area contributed by atoms with Crippen LogP contribution in [0.25, 0.3) is 0 Å². The van der Waals surface area contributed by atoms with Crippen molar-refractivity contribution in [2.75, 3.05) is 0 Å². The Bertz CT molecular complexity index is 129. The van der Waals surface area contributed by atoms with E-state index in [-0.39, 0.29) is 5.25 Å². The van der Waals surface area contributed by atoms with Crippen LogP contribution in [0.3, 0.4) is 0 Å². The van der Waals surface area contributed by atoms with E-state index >= 15 is 0 Å². The zero-order valence-corrected chi connectivity index (χ0v) is 6.90. The molecule has 0 saturated carbocycles. The minimum absolute atomic E-state index is 0.247. The fraction of sp³-hybridized carbons (Fsp3) is 1.00. The van der Waals surface area contributed by atoms with Crippen LogP contribution in [-0.2, 0) is 0 Å². The van der Waals surface area contributed by atoms with Crippen molar-refractivity contribution in [2.24, 2.45) is 0 Å². The molecule has 0 radical (unpaired) electrons. The maximum absolute atomic E-state index is 9.19. The lowest BCUT2D eigenvalue weighted by Crippen LogP contribution is -2.52. The van der Waals surface area contributed by atoms with Crippen LogP contribution in [0, 0.1) is 0 Å². The molecule has 5 heteroatoms. The summed E-state index contributed by atoms with van der Waals surface area (Å²) in [4.78, 5) is 0. The fourth-order valence-corrected chi connectivity index (χ4v) is 2.11. The van der Waals surface area contributed by atoms with Gasteiger partial charge in [-0.05, 0) is 0 Å². The lowest BCUT2D eigenvalue weighted by Gasteiger charge is -2.35. The highest BCUT2D eigenvalue weighted by molar-refractivity contribution is 8.00. The summed E-state index contributed by atoms with van der Waals surface area (Å²) in [5, 5.41) is 36.2. The highest BCUT2D eigenvalue weighted by atomic mass is 32.2. The first-order valence-electron chi connectivity index (χ1n) is 3.41. The fourth-order valence-electron chi connectivity index (χ4n) is 1.03. The second kappa shape index (κ2) is 3.28. The van der Waals surface area contributed by atoms with Crippen molar-refractivity contribution in [3.63, 3.8) is 0 Å². The average molecular weight is 180 g/mol. The van der Waals surface area contributed by atoms with Crippen LogP contribution in [0.2, 0.25) is 0 Å². The number of aliphatic hydroxyl groups is 4. The maximum Gasteiger partial charge on any atom is 0.128 e. The van der Waals surface area contributed by atoms with Crippen molar-refractivity contribution in [1.82, 2.24) is 0 Å². The third-order valence-electron chi connectivity index (χ3n) is 1.83. The Kier molecular flexibility index (Phi) is 2.77. The molecule has 0 aromatic rings. The number of aliphatic hydroxyl groups excluding tert-OH is 4.